The summed E-state index contributed by atoms with van der Waals surface area (Å²) < 4.78 is 59.9. The van der Waals surface area contributed by atoms with Crippen LogP contribution in [-0.4, -0.2) is 38.0 Å². The van der Waals surface area contributed by atoms with Crippen LogP contribution in [0.2, 0.25) is 0 Å². The van der Waals surface area contributed by atoms with Crippen molar-refractivity contribution in [1.82, 2.24) is 18.8 Å². The van der Waals surface area contributed by atoms with Gasteiger partial charge < -0.3 is 5.32 Å². The van der Waals surface area contributed by atoms with Gasteiger partial charge in [0.05, 0.1) is 16.6 Å². The first-order chi connectivity index (χ1) is 16.6. The Morgan fingerprint density at radius 1 is 0.914 bits per heavy atom. The maximum absolute atomic E-state index is 13.2. The Morgan fingerprint density at radius 2 is 1.63 bits per heavy atom. The van der Waals surface area contributed by atoms with Gasteiger partial charge in [-0.3, -0.25) is 4.79 Å². The van der Waals surface area contributed by atoms with E-state index in [2.05, 4.69) is 18.8 Å². The third kappa shape index (κ3) is 5.89. The second kappa shape index (κ2) is 10.2. The van der Waals surface area contributed by atoms with E-state index in [0.717, 1.165) is 17.3 Å². The molecule has 35 heavy (non-hydrogen) atoms. The Morgan fingerprint density at radius 3 is 2.31 bits per heavy atom. The van der Waals surface area contributed by atoms with E-state index in [-0.39, 0.29) is 21.9 Å². The quantitative estimate of drug-likeness (QED) is 0.296. The van der Waals surface area contributed by atoms with Crippen LogP contribution < -0.4 is 15.2 Å². The van der Waals surface area contributed by atoms with E-state index in [0.29, 0.717) is 17.5 Å². The summed E-state index contributed by atoms with van der Waals surface area (Å²) in [4.78, 5) is 13.0. The molecule has 0 bridgehead atoms. The number of rotatable bonds is 9. The summed E-state index contributed by atoms with van der Waals surface area (Å²) >= 11 is 0.904. The van der Waals surface area contributed by atoms with Crippen LogP contribution in [-0.2, 0) is 31.3 Å². The van der Waals surface area contributed by atoms with E-state index in [1.54, 1.807) is 54.6 Å². The minimum absolute atomic E-state index is 0.00540. The van der Waals surface area contributed by atoms with Gasteiger partial charge in [0.1, 0.15) is 22.0 Å². The Kier molecular flexibility index (Phi) is 7.23. The molecule has 0 saturated carbocycles. The molecule has 4 rings (SSSR count). The van der Waals surface area contributed by atoms with Gasteiger partial charge in [0.25, 0.3) is 0 Å². The van der Waals surface area contributed by atoms with Crippen molar-refractivity contribution in [2.24, 2.45) is 5.14 Å². The molecule has 3 aromatic carbocycles. The van der Waals surface area contributed by atoms with Crippen LogP contribution in [0.4, 0.5) is 0 Å². The lowest BCUT2D eigenvalue weighted by Crippen LogP contribution is -2.41. The number of nitrogens with zero attached hydrogens (tertiary/aromatic N) is 2. The standard InChI is InChI=1S/C22H21N5O5S3/c23-34(29,30)17-11-9-15(10-12-17)13-14-24-22(28)20(16-5-2-1-3-6-16)27-35(31,32)19-8-4-7-18-21(19)26-33-25-18/h1-12,20,27H,13-14H2,(H,24,28)(H2,23,29,30)/t20-/m0/s1. The maximum atomic E-state index is 13.2. The molecular weight excluding hydrogens is 510 g/mol. The number of nitrogens with two attached hydrogens (primary N) is 1. The van der Waals surface area contributed by atoms with Crippen molar-refractivity contribution in [3.05, 3.63) is 83.9 Å². The third-order valence-corrected chi connectivity index (χ3v) is 8.10. The highest BCUT2D eigenvalue weighted by Crippen LogP contribution is 2.23. The van der Waals surface area contributed by atoms with Crippen molar-refractivity contribution in [2.75, 3.05) is 6.54 Å². The average Bonchev–Trinajstić information content (AvgIpc) is 3.32. The first kappa shape index (κ1) is 24.9. The van der Waals surface area contributed by atoms with Crippen molar-refractivity contribution in [2.45, 2.75) is 22.3 Å². The van der Waals surface area contributed by atoms with E-state index in [9.17, 15) is 21.6 Å². The molecule has 0 unspecified atom stereocenters. The number of sulfonamides is 2. The molecule has 1 amide bonds. The fraction of sp³-hybridized carbons (Fsp3) is 0.136. The van der Waals surface area contributed by atoms with Gasteiger partial charge in [0.2, 0.25) is 26.0 Å². The lowest BCUT2D eigenvalue weighted by Gasteiger charge is -2.19. The van der Waals surface area contributed by atoms with Crippen LogP contribution in [0.5, 0.6) is 0 Å². The molecule has 0 radical (unpaired) electrons. The second-order valence-electron chi connectivity index (χ2n) is 7.58. The molecule has 0 aliphatic rings. The number of aromatic nitrogens is 2. The highest BCUT2D eigenvalue weighted by atomic mass is 32.2. The molecule has 1 atom stereocenters. The van der Waals surface area contributed by atoms with Crippen LogP contribution in [0.15, 0.2) is 82.6 Å². The Hall–Kier alpha value is -3.23. The number of carbonyl (C=O) groups excluding carboxylic acids is 1. The first-order valence-electron chi connectivity index (χ1n) is 10.3. The fourth-order valence-corrected chi connectivity index (χ4v) is 5.88. The molecule has 182 valence electrons. The largest absolute Gasteiger partial charge is 0.354 e. The van der Waals surface area contributed by atoms with Gasteiger partial charge in [-0.05, 0) is 41.8 Å². The summed E-state index contributed by atoms with van der Waals surface area (Å²) in [6.07, 6.45) is 0.398. The molecule has 10 nitrogen and oxygen atoms in total. The van der Waals surface area contributed by atoms with Gasteiger partial charge in [-0.25, -0.2) is 22.0 Å². The van der Waals surface area contributed by atoms with Crippen molar-refractivity contribution >= 4 is 48.7 Å². The molecule has 1 aromatic heterocycles. The molecule has 0 spiro atoms. The zero-order valence-corrected chi connectivity index (χ0v) is 20.6. The number of fused-ring (bicyclic) bond motifs is 1. The van der Waals surface area contributed by atoms with Crippen LogP contribution in [0.1, 0.15) is 17.2 Å². The molecule has 0 aliphatic carbocycles. The summed E-state index contributed by atoms with van der Waals surface area (Å²) in [6.45, 7) is 0.199. The maximum Gasteiger partial charge on any atom is 0.243 e. The number of primary sulfonamides is 1. The number of hydrogen-bond acceptors (Lipinski definition) is 8. The minimum Gasteiger partial charge on any atom is -0.354 e. The second-order valence-corrected chi connectivity index (χ2v) is 11.4. The van der Waals surface area contributed by atoms with Crippen LogP contribution in [0, 0.1) is 0 Å². The SMILES string of the molecule is NS(=O)(=O)c1ccc(CCNC(=O)[C@@H](NS(=O)(=O)c2cccc3nsnc23)c2ccccc2)cc1. The van der Waals surface area contributed by atoms with Gasteiger partial charge >= 0.3 is 0 Å². The fourth-order valence-electron chi connectivity index (χ4n) is 3.41. The molecule has 0 fully saturated rings. The van der Waals surface area contributed by atoms with Gasteiger partial charge in [-0.2, -0.15) is 13.5 Å². The number of nitrogens with one attached hydrogen (secondary N) is 2. The lowest BCUT2D eigenvalue weighted by atomic mass is 10.1. The van der Waals surface area contributed by atoms with E-state index in [1.807, 2.05) is 0 Å². The first-order valence-corrected chi connectivity index (χ1v) is 14.1. The van der Waals surface area contributed by atoms with E-state index < -0.39 is 32.0 Å². The summed E-state index contributed by atoms with van der Waals surface area (Å²) in [6, 6.07) is 17.9. The van der Waals surface area contributed by atoms with Gasteiger partial charge in [0.15, 0.2) is 0 Å². The average molecular weight is 532 g/mol. The van der Waals surface area contributed by atoms with Crippen molar-refractivity contribution < 1.29 is 21.6 Å². The number of benzene rings is 3. The molecular formula is C22H21N5O5S3. The van der Waals surface area contributed by atoms with E-state index in [1.165, 1.54) is 18.2 Å². The number of hydrogen-bond donors (Lipinski definition) is 3. The monoisotopic (exact) mass is 531 g/mol. The summed E-state index contributed by atoms with van der Waals surface area (Å²) in [7, 11) is -7.91. The highest BCUT2D eigenvalue weighted by Gasteiger charge is 2.29. The third-order valence-electron chi connectivity index (χ3n) is 5.17. The Balaban J connectivity index is 1.51. The zero-order chi connectivity index (χ0) is 25.1. The zero-order valence-electron chi connectivity index (χ0n) is 18.2. The molecule has 1 heterocycles. The summed E-state index contributed by atoms with van der Waals surface area (Å²) in [5.74, 6) is -0.537. The topological polar surface area (TPSA) is 161 Å². The lowest BCUT2D eigenvalue weighted by molar-refractivity contribution is -0.122. The number of amides is 1. The van der Waals surface area contributed by atoms with Gasteiger partial charge in [-0.15, -0.1) is 0 Å². The predicted molar refractivity (Wildman–Crippen MR) is 131 cm³/mol. The van der Waals surface area contributed by atoms with Gasteiger partial charge in [-0.1, -0.05) is 48.5 Å². The van der Waals surface area contributed by atoms with Crippen LogP contribution in [0.25, 0.3) is 11.0 Å². The normalized spacial score (nSPS) is 12.9. The Bertz CT molecular complexity index is 1550. The van der Waals surface area contributed by atoms with Crippen molar-refractivity contribution in [3.63, 3.8) is 0 Å². The minimum atomic E-state index is -4.12. The van der Waals surface area contributed by atoms with Crippen LogP contribution in [0.3, 0.4) is 0 Å². The molecule has 4 aromatic rings. The van der Waals surface area contributed by atoms with E-state index >= 15 is 0 Å². The van der Waals surface area contributed by atoms with Crippen LogP contribution >= 0.6 is 11.7 Å². The highest BCUT2D eigenvalue weighted by molar-refractivity contribution is 7.89. The van der Waals surface area contributed by atoms with Crippen molar-refractivity contribution in [1.29, 1.82) is 0 Å². The molecule has 4 N–H and O–H groups in total. The Labute approximate surface area is 206 Å². The van der Waals surface area contributed by atoms with Crippen molar-refractivity contribution in [3.8, 4) is 0 Å². The summed E-state index contributed by atoms with van der Waals surface area (Å²) in [5, 5.41) is 7.85. The molecule has 0 aliphatic heterocycles. The van der Waals surface area contributed by atoms with E-state index in [4.69, 9.17) is 5.14 Å². The smallest absolute Gasteiger partial charge is 0.243 e. The molecule has 13 heteroatoms. The van der Waals surface area contributed by atoms with Gasteiger partial charge in [0, 0.05) is 6.54 Å². The predicted octanol–water partition coefficient (Wildman–Crippen LogP) is 1.72. The summed E-state index contributed by atoms with van der Waals surface area (Å²) in [5.41, 5.74) is 1.93. The molecule has 0 saturated heterocycles. The number of carbonyl (C=O) groups is 1.